The summed E-state index contributed by atoms with van der Waals surface area (Å²) in [5, 5.41) is 12.4. The van der Waals surface area contributed by atoms with E-state index in [2.05, 4.69) is 32.6 Å². The van der Waals surface area contributed by atoms with Crippen molar-refractivity contribution in [3.05, 3.63) is 65.2 Å². The van der Waals surface area contributed by atoms with Gasteiger partial charge in [0, 0.05) is 29.3 Å². The minimum Gasteiger partial charge on any atom is -0.453 e. The second-order valence-corrected chi connectivity index (χ2v) is 10.4. The summed E-state index contributed by atoms with van der Waals surface area (Å²) in [7, 11) is 2.00. The van der Waals surface area contributed by atoms with Crippen LogP contribution < -0.4 is 10.2 Å². The molecule has 2 N–H and O–H groups in total. The van der Waals surface area contributed by atoms with E-state index in [0.717, 1.165) is 51.5 Å². The highest BCUT2D eigenvalue weighted by Crippen LogP contribution is 2.50. The van der Waals surface area contributed by atoms with Crippen LogP contribution in [-0.4, -0.2) is 40.3 Å². The number of rotatable bonds is 2. The molecule has 0 spiro atoms. The number of aromatic amines is 1. The summed E-state index contributed by atoms with van der Waals surface area (Å²) < 4.78 is 6.32. The Hall–Kier alpha value is -3.00. The molecule has 0 amide bonds. The van der Waals surface area contributed by atoms with Gasteiger partial charge in [-0.1, -0.05) is 38.2 Å². The molecule has 0 saturated carbocycles. The first-order valence-corrected chi connectivity index (χ1v) is 11.8. The third kappa shape index (κ3) is 2.92. The minimum absolute atomic E-state index is 0.133. The molecular weight excluding hydrogens is 422 g/mol. The second-order valence-electron chi connectivity index (χ2n) is 9.36. The average molecular weight is 448 g/mol. The Morgan fingerprint density at radius 1 is 1.25 bits per heavy atom. The molecule has 2 aliphatic heterocycles. The Bertz CT molecular complexity index is 1230. The van der Waals surface area contributed by atoms with Crippen LogP contribution in [0.2, 0.25) is 0 Å². The average Bonchev–Trinajstić information content (AvgIpc) is 3.51. The van der Waals surface area contributed by atoms with E-state index in [1.807, 2.05) is 51.4 Å². The van der Waals surface area contributed by atoms with Gasteiger partial charge in [0.05, 0.1) is 24.2 Å². The fourth-order valence-corrected chi connectivity index (χ4v) is 5.87. The molecule has 2 aliphatic carbocycles. The zero-order valence-corrected chi connectivity index (χ0v) is 19.1. The summed E-state index contributed by atoms with van der Waals surface area (Å²) in [6.07, 6.45) is 11.8. The molecule has 3 atom stereocenters. The van der Waals surface area contributed by atoms with E-state index in [9.17, 15) is 4.79 Å². The number of nitrogens with zero attached hydrogens (tertiary/aromatic N) is 3. The summed E-state index contributed by atoms with van der Waals surface area (Å²) >= 11 is 1.49. The van der Waals surface area contributed by atoms with E-state index < -0.39 is 0 Å². The van der Waals surface area contributed by atoms with Crippen LogP contribution in [0.4, 0.5) is 5.82 Å². The fourth-order valence-electron chi connectivity index (χ4n) is 5.04. The van der Waals surface area contributed by atoms with Crippen LogP contribution in [0.3, 0.4) is 0 Å². The molecule has 32 heavy (non-hydrogen) atoms. The van der Waals surface area contributed by atoms with E-state index in [-0.39, 0.29) is 29.2 Å². The predicted molar refractivity (Wildman–Crippen MR) is 125 cm³/mol. The van der Waals surface area contributed by atoms with E-state index in [0.29, 0.717) is 0 Å². The summed E-state index contributed by atoms with van der Waals surface area (Å²) in [6.45, 7) is 4.08. The number of thioether (sulfide) groups is 1. The number of aliphatic imine (C=N–C) groups is 1. The Kier molecular flexibility index (Phi) is 4.30. The van der Waals surface area contributed by atoms with Gasteiger partial charge in [-0.15, -0.1) is 0 Å². The molecule has 3 unspecified atom stereocenters. The summed E-state index contributed by atoms with van der Waals surface area (Å²) in [5.41, 5.74) is 2.48. The van der Waals surface area contributed by atoms with Gasteiger partial charge in [0.25, 0.3) is 0 Å². The maximum atomic E-state index is 13.6. The van der Waals surface area contributed by atoms with Crippen molar-refractivity contribution in [3.8, 4) is 0 Å². The van der Waals surface area contributed by atoms with E-state index in [4.69, 9.17) is 9.41 Å². The lowest BCUT2D eigenvalue weighted by Gasteiger charge is -2.41. The summed E-state index contributed by atoms with van der Waals surface area (Å²) in [6, 6.07) is 4.29. The molecule has 7 nitrogen and oxygen atoms in total. The highest BCUT2D eigenvalue weighted by Gasteiger charge is 2.46. The number of furan rings is 1. The number of hydrogen-bond acceptors (Lipinski definition) is 7. The topological polar surface area (TPSA) is 86.5 Å². The van der Waals surface area contributed by atoms with Crippen LogP contribution >= 0.6 is 11.8 Å². The highest BCUT2D eigenvalue weighted by molar-refractivity contribution is 8.13. The number of allylic oxidation sites excluding steroid dienone is 4. The van der Waals surface area contributed by atoms with Gasteiger partial charge in [0.15, 0.2) is 16.0 Å². The number of aromatic nitrogens is 2. The molecule has 164 valence electrons. The number of carbonyl (C=O) groups excluding carboxylic acids is 1. The van der Waals surface area contributed by atoms with Gasteiger partial charge < -0.3 is 14.6 Å². The third-order valence-electron chi connectivity index (χ3n) is 6.89. The Labute approximate surface area is 190 Å². The Balaban J connectivity index is 1.35. The van der Waals surface area contributed by atoms with Gasteiger partial charge in [0.1, 0.15) is 11.6 Å². The number of fused-ring (bicyclic) bond motifs is 2. The predicted octanol–water partition coefficient (Wildman–Crippen LogP) is 4.14. The van der Waals surface area contributed by atoms with Crippen LogP contribution in [0.5, 0.6) is 0 Å². The smallest absolute Gasteiger partial charge is 0.168 e. The first-order valence-electron chi connectivity index (χ1n) is 10.9. The number of H-pyrrole nitrogens is 1. The van der Waals surface area contributed by atoms with Crippen LogP contribution in [0.15, 0.2) is 68.4 Å². The molecule has 8 heteroatoms. The van der Waals surface area contributed by atoms with Crippen molar-refractivity contribution in [1.29, 1.82) is 0 Å². The maximum Gasteiger partial charge on any atom is 0.168 e. The molecule has 0 radical (unpaired) electrons. The molecule has 2 aromatic heterocycles. The van der Waals surface area contributed by atoms with E-state index >= 15 is 0 Å². The third-order valence-corrected chi connectivity index (χ3v) is 7.73. The standard InChI is InChI=1S/C24H25N5O2S/c1-24(2)11-10-16-20(21(24)30)19(13-12-25-28-22(13)29(16)3)17-8-9-18(31-17)32-23-26-14-6-4-5-7-15(14)27-23/h4-9,12,14-15,19H,10-11H2,1-3H3,(H,25,28)(H,26,27). The fraction of sp³-hybridized carbons (Fsp3) is 0.375. The number of ketones is 1. The largest absolute Gasteiger partial charge is 0.453 e. The summed E-state index contributed by atoms with van der Waals surface area (Å²) in [4.78, 5) is 20.4. The van der Waals surface area contributed by atoms with Crippen molar-refractivity contribution in [1.82, 2.24) is 15.5 Å². The lowest BCUT2D eigenvalue weighted by Crippen LogP contribution is -2.39. The lowest BCUT2D eigenvalue weighted by molar-refractivity contribution is -0.124. The van der Waals surface area contributed by atoms with Crippen molar-refractivity contribution in [2.24, 2.45) is 10.4 Å². The Morgan fingerprint density at radius 2 is 2.09 bits per heavy atom. The van der Waals surface area contributed by atoms with Crippen molar-refractivity contribution in [2.75, 3.05) is 11.9 Å². The first kappa shape index (κ1) is 19.7. The SMILES string of the molecule is CN1C2=C(C(=O)C(C)(C)CC2)C(c2ccc(SC3=NC4C=CC=CC4N3)o2)c2cn[nH]c21. The van der Waals surface area contributed by atoms with Crippen LogP contribution in [0.25, 0.3) is 0 Å². The maximum absolute atomic E-state index is 13.6. The van der Waals surface area contributed by atoms with Gasteiger partial charge in [-0.05, 0) is 36.7 Å². The zero-order valence-electron chi connectivity index (χ0n) is 18.3. The molecule has 0 fully saturated rings. The van der Waals surface area contributed by atoms with Gasteiger partial charge in [-0.25, -0.2) is 0 Å². The van der Waals surface area contributed by atoms with Gasteiger partial charge in [-0.2, -0.15) is 5.10 Å². The molecule has 2 aromatic rings. The molecule has 4 heterocycles. The van der Waals surface area contributed by atoms with Gasteiger partial charge >= 0.3 is 0 Å². The molecule has 0 bridgehead atoms. The molecule has 0 aromatic carbocycles. The molecule has 0 saturated heterocycles. The normalized spacial score (nSPS) is 27.7. The number of nitrogens with one attached hydrogen (secondary N) is 2. The van der Waals surface area contributed by atoms with Crippen molar-refractivity contribution in [3.63, 3.8) is 0 Å². The quantitative estimate of drug-likeness (QED) is 0.720. The number of amidine groups is 1. The number of hydrogen-bond donors (Lipinski definition) is 2. The number of carbonyl (C=O) groups is 1. The Morgan fingerprint density at radius 3 is 2.94 bits per heavy atom. The zero-order chi connectivity index (χ0) is 22.0. The van der Waals surface area contributed by atoms with Crippen LogP contribution in [0, 0.1) is 5.41 Å². The van der Waals surface area contributed by atoms with Crippen LogP contribution in [-0.2, 0) is 4.79 Å². The van der Waals surface area contributed by atoms with Gasteiger partial charge in [-0.3, -0.25) is 14.9 Å². The molecule has 6 rings (SSSR count). The van der Waals surface area contributed by atoms with Gasteiger partial charge in [0.2, 0.25) is 0 Å². The first-order chi connectivity index (χ1) is 15.4. The van der Waals surface area contributed by atoms with E-state index in [1.54, 1.807) is 0 Å². The molecular formula is C24H25N5O2S. The highest BCUT2D eigenvalue weighted by atomic mass is 32.2. The van der Waals surface area contributed by atoms with Crippen molar-refractivity contribution in [2.45, 2.75) is 49.8 Å². The van der Waals surface area contributed by atoms with Crippen molar-refractivity contribution < 1.29 is 9.21 Å². The van der Waals surface area contributed by atoms with Crippen molar-refractivity contribution >= 4 is 28.5 Å². The monoisotopic (exact) mass is 447 g/mol. The number of Topliss-reactive ketones (excluding diaryl/α,β-unsaturated/α-hetero) is 1. The lowest BCUT2D eigenvalue weighted by atomic mass is 9.68. The summed E-state index contributed by atoms with van der Waals surface area (Å²) in [5.74, 6) is 1.62. The van der Waals surface area contributed by atoms with E-state index in [1.165, 1.54) is 11.8 Å². The van der Waals surface area contributed by atoms with Crippen LogP contribution in [0.1, 0.15) is 43.9 Å². The number of anilines is 1. The minimum atomic E-state index is -0.386. The molecule has 4 aliphatic rings. The second kappa shape index (κ2) is 7.00.